The summed E-state index contributed by atoms with van der Waals surface area (Å²) in [5.74, 6) is 1.55. The number of hydrogen-bond acceptors (Lipinski definition) is 2. The summed E-state index contributed by atoms with van der Waals surface area (Å²) < 4.78 is 2.18. The highest BCUT2D eigenvalue weighted by molar-refractivity contribution is 4.95. The van der Waals surface area contributed by atoms with Crippen LogP contribution in [0.1, 0.15) is 44.9 Å². The molecule has 2 rings (SSSR count). The van der Waals surface area contributed by atoms with Gasteiger partial charge in [0.2, 0.25) is 0 Å². The van der Waals surface area contributed by atoms with Crippen LogP contribution in [0.2, 0.25) is 0 Å². The fraction of sp³-hybridized carbons (Fsp3) is 0.769. The van der Waals surface area contributed by atoms with Gasteiger partial charge in [-0.3, -0.25) is 0 Å². The maximum Gasteiger partial charge on any atom is 0.108 e. The smallest absolute Gasteiger partial charge is 0.108 e. The first-order valence-electron chi connectivity index (χ1n) is 6.49. The van der Waals surface area contributed by atoms with Gasteiger partial charge in [0.05, 0.1) is 6.10 Å². The van der Waals surface area contributed by atoms with E-state index >= 15 is 0 Å². The number of aryl methyl sites for hydroxylation is 1. The van der Waals surface area contributed by atoms with Crippen molar-refractivity contribution in [3.05, 3.63) is 18.2 Å². The second-order valence-electron chi connectivity index (χ2n) is 4.80. The van der Waals surface area contributed by atoms with Crippen molar-refractivity contribution in [2.24, 2.45) is 5.92 Å². The zero-order valence-electron chi connectivity index (χ0n) is 10.1. The first kappa shape index (κ1) is 11.6. The second kappa shape index (κ2) is 5.48. The van der Waals surface area contributed by atoms with Crippen molar-refractivity contribution in [3.63, 3.8) is 0 Å². The van der Waals surface area contributed by atoms with E-state index < -0.39 is 0 Å². The minimum absolute atomic E-state index is 0.121. The third-order valence-corrected chi connectivity index (χ3v) is 3.71. The lowest BCUT2D eigenvalue weighted by Crippen LogP contribution is -2.22. The van der Waals surface area contributed by atoms with Gasteiger partial charge in [-0.15, -0.1) is 0 Å². The quantitative estimate of drug-likeness (QED) is 0.797. The second-order valence-corrected chi connectivity index (χ2v) is 4.80. The van der Waals surface area contributed by atoms with Crippen LogP contribution in [0.4, 0.5) is 0 Å². The van der Waals surface area contributed by atoms with Gasteiger partial charge in [0.25, 0.3) is 0 Å². The van der Waals surface area contributed by atoms with Crippen LogP contribution in [0.15, 0.2) is 12.4 Å². The van der Waals surface area contributed by atoms with Crippen LogP contribution in [-0.4, -0.2) is 20.8 Å². The largest absolute Gasteiger partial charge is 0.393 e. The van der Waals surface area contributed by atoms with Gasteiger partial charge in [0, 0.05) is 25.4 Å². The topological polar surface area (TPSA) is 38.0 Å². The molecule has 2 atom stereocenters. The van der Waals surface area contributed by atoms with E-state index in [1.54, 1.807) is 0 Å². The summed E-state index contributed by atoms with van der Waals surface area (Å²) in [6.45, 7) is 3.10. The number of hydrogen-bond donors (Lipinski definition) is 1. The van der Waals surface area contributed by atoms with Crippen molar-refractivity contribution in [2.75, 3.05) is 0 Å². The normalized spacial score (nSPS) is 26.6. The molecular formula is C13H22N2O. The molecule has 1 fully saturated rings. The van der Waals surface area contributed by atoms with Crippen LogP contribution in [0.5, 0.6) is 0 Å². The molecule has 2 unspecified atom stereocenters. The number of imidazole rings is 1. The van der Waals surface area contributed by atoms with E-state index in [0.29, 0.717) is 5.92 Å². The molecule has 0 aromatic carbocycles. The molecule has 0 aliphatic heterocycles. The van der Waals surface area contributed by atoms with Crippen molar-refractivity contribution < 1.29 is 5.11 Å². The van der Waals surface area contributed by atoms with Gasteiger partial charge in [-0.25, -0.2) is 4.98 Å². The van der Waals surface area contributed by atoms with E-state index in [9.17, 15) is 5.11 Å². The Kier molecular flexibility index (Phi) is 3.99. The standard InChI is InChI=1S/C13H22N2O/c1-2-15-9-8-14-13(15)10-11-6-4-3-5-7-12(11)16/h8-9,11-12,16H,2-7,10H2,1H3. The van der Waals surface area contributed by atoms with Crippen molar-refractivity contribution in [1.29, 1.82) is 0 Å². The maximum atomic E-state index is 10.1. The molecule has 0 bridgehead atoms. The predicted molar refractivity (Wildman–Crippen MR) is 64.2 cm³/mol. The van der Waals surface area contributed by atoms with Crippen molar-refractivity contribution in [1.82, 2.24) is 9.55 Å². The van der Waals surface area contributed by atoms with Crippen LogP contribution >= 0.6 is 0 Å². The molecule has 0 saturated heterocycles. The van der Waals surface area contributed by atoms with Gasteiger partial charge in [-0.2, -0.15) is 0 Å². The van der Waals surface area contributed by atoms with E-state index in [1.165, 1.54) is 19.3 Å². The average Bonchev–Trinajstić information content (AvgIpc) is 2.64. The van der Waals surface area contributed by atoms with E-state index in [0.717, 1.165) is 31.6 Å². The number of nitrogens with zero attached hydrogens (tertiary/aromatic N) is 2. The molecule has 3 heteroatoms. The molecule has 0 spiro atoms. The summed E-state index contributed by atoms with van der Waals surface area (Å²) in [5.41, 5.74) is 0. The Morgan fingerprint density at radius 3 is 3.00 bits per heavy atom. The number of aromatic nitrogens is 2. The van der Waals surface area contributed by atoms with E-state index in [-0.39, 0.29) is 6.10 Å². The van der Waals surface area contributed by atoms with Crippen molar-refractivity contribution in [3.8, 4) is 0 Å². The Bertz CT molecular complexity index is 321. The van der Waals surface area contributed by atoms with Gasteiger partial charge in [0.15, 0.2) is 0 Å². The Balaban J connectivity index is 2.01. The zero-order chi connectivity index (χ0) is 11.4. The molecule has 1 aliphatic carbocycles. The van der Waals surface area contributed by atoms with Crippen molar-refractivity contribution >= 4 is 0 Å². The molecule has 1 heterocycles. The van der Waals surface area contributed by atoms with Gasteiger partial charge >= 0.3 is 0 Å². The molecule has 0 amide bonds. The van der Waals surface area contributed by atoms with Crippen LogP contribution in [0, 0.1) is 5.92 Å². The summed E-state index contributed by atoms with van der Waals surface area (Å²) in [7, 11) is 0. The summed E-state index contributed by atoms with van der Waals surface area (Å²) in [5, 5.41) is 10.1. The Labute approximate surface area is 97.5 Å². The van der Waals surface area contributed by atoms with Gasteiger partial charge in [-0.05, 0) is 25.7 Å². The first-order chi connectivity index (χ1) is 7.81. The molecule has 1 saturated carbocycles. The van der Waals surface area contributed by atoms with E-state index in [4.69, 9.17) is 0 Å². The summed E-state index contributed by atoms with van der Waals surface area (Å²) in [6.07, 6.45) is 10.5. The molecule has 0 radical (unpaired) electrons. The van der Waals surface area contributed by atoms with Crippen LogP contribution < -0.4 is 0 Å². The fourth-order valence-corrected chi connectivity index (χ4v) is 2.66. The number of aliphatic hydroxyl groups is 1. The Hall–Kier alpha value is -0.830. The summed E-state index contributed by atoms with van der Waals surface area (Å²) >= 11 is 0. The maximum absolute atomic E-state index is 10.1. The molecule has 1 N–H and O–H groups in total. The molecule has 1 aromatic heterocycles. The van der Waals surface area contributed by atoms with Gasteiger partial charge < -0.3 is 9.67 Å². The minimum Gasteiger partial charge on any atom is -0.393 e. The van der Waals surface area contributed by atoms with Crippen molar-refractivity contribution in [2.45, 2.75) is 58.1 Å². The monoisotopic (exact) mass is 222 g/mol. The zero-order valence-corrected chi connectivity index (χ0v) is 10.1. The van der Waals surface area contributed by atoms with Crippen LogP contribution in [0.25, 0.3) is 0 Å². The highest BCUT2D eigenvalue weighted by Crippen LogP contribution is 2.26. The number of rotatable bonds is 3. The lowest BCUT2D eigenvalue weighted by Gasteiger charge is -2.20. The Morgan fingerprint density at radius 1 is 1.38 bits per heavy atom. The van der Waals surface area contributed by atoms with E-state index in [2.05, 4.69) is 16.5 Å². The highest BCUT2D eigenvalue weighted by atomic mass is 16.3. The SMILES string of the molecule is CCn1ccnc1CC1CCCCCC1O. The lowest BCUT2D eigenvalue weighted by molar-refractivity contribution is 0.0990. The number of aliphatic hydroxyl groups excluding tert-OH is 1. The molecular weight excluding hydrogens is 200 g/mol. The van der Waals surface area contributed by atoms with Crippen LogP contribution in [0.3, 0.4) is 0 Å². The fourth-order valence-electron chi connectivity index (χ4n) is 2.66. The third-order valence-electron chi connectivity index (χ3n) is 3.71. The first-order valence-corrected chi connectivity index (χ1v) is 6.49. The minimum atomic E-state index is -0.121. The highest BCUT2D eigenvalue weighted by Gasteiger charge is 2.23. The predicted octanol–water partition coefficient (Wildman–Crippen LogP) is 2.39. The van der Waals surface area contributed by atoms with Gasteiger partial charge in [0.1, 0.15) is 5.82 Å². The molecule has 1 aromatic rings. The average molecular weight is 222 g/mol. The van der Waals surface area contributed by atoms with Gasteiger partial charge in [-0.1, -0.05) is 19.3 Å². The Morgan fingerprint density at radius 2 is 2.19 bits per heavy atom. The third kappa shape index (κ3) is 2.64. The molecule has 90 valence electrons. The summed E-state index contributed by atoms with van der Waals surface area (Å²) in [6, 6.07) is 0. The molecule has 16 heavy (non-hydrogen) atoms. The van der Waals surface area contributed by atoms with E-state index in [1.807, 2.05) is 12.4 Å². The summed E-state index contributed by atoms with van der Waals surface area (Å²) in [4.78, 5) is 4.40. The molecule has 3 nitrogen and oxygen atoms in total. The lowest BCUT2D eigenvalue weighted by atomic mass is 9.93. The van der Waals surface area contributed by atoms with Crippen LogP contribution in [-0.2, 0) is 13.0 Å². The molecule has 1 aliphatic rings.